The third-order valence-electron chi connectivity index (χ3n) is 4.36. The Balaban J connectivity index is 1.68. The number of rotatable bonds is 3. The minimum absolute atomic E-state index is 0.0128. The average Bonchev–Trinajstić information content (AvgIpc) is 2.90. The summed E-state index contributed by atoms with van der Waals surface area (Å²) in [5, 5.41) is 2.08. The van der Waals surface area contributed by atoms with E-state index in [1.807, 2.05) is 48.5 Å². The average molecular weight is 317 g/mol. The van der Waals surface area contributed by atoms with Crippen molar-refractivity contribution in [3.05, 3.63) is 77.4 Å². The Labute approximate surface area is 139 Å². The molecule has 3 aromatic carbocycles. The van der Waals surface area contributed by atoms with Crippen LogP contribution in [0.15, 0.2) is 60.7 Å². The molecule has 0 atom stereocenters. The second kappa shape index (κ2) is 5.49. The minimum Gasteiger partial charge on any atom is -0.465 e. The van der Waals surface area contributed by atoms with Crippen molar-refractivity contribution in [2.45, 2.75) is 6.54 Å². The van der Waals surface area contributed by atoms with E-state index in [2.05, 4.69) is 0 Å². The monoisotopic (exact) mass is 317 g/mol. The van der Waals surface area contributed by atoms with Crippen LogP contribution < -0.4 is 4.90 Å². The lowest BCUT2D eigenvalue weighted by Gasteiger charge is -2.18. The maximum atomic E-state index is 12.8. The lowest BCUT2D eigenvalue weighted by atomic mass is 10.1. The number of carbonyl (C=O) groups is 2. The van der Waals surface area contributed by atoms with Crippen molar-refractivity contribution in [1.82, 2.24) is 0 Å². The van der Waals surface area contributed by atoms with Gasteiger partial charge in [-0.05, 0) is 35.2 Å². The summed E-state index contributed by atoms with van der Waals surface area (Å²) >= 11 is 0. The van der Waals surface area contributed by atoms with E-state index < -0.39 is 0 Å². The summed E-state index contributed by atoms with van der Waals surface area (Å²) in [5.41, 5.74) is 3.14. The number of esters is 1. The van der Waals surface area contributed by atoms with Gasteiger partial charge in [-0.25, -0.2) is 4.79 Å². The van der Waals surface area contributed by atoms with E-state index in [-0.39, 0.29) is 11.9 Å². The van der Waals surface area contributed by atoms with Gasteiger partial charge in [-0.2, -0.15) is 0 Å². The number of hydrogen-bond acceptors (Lipinski definition) is 3. The van der Waals surface area contributed by atoms with E-state index in [0.29, 0.717) is 12.1 Å². The fourth-order valence-corrected chi connectivity index (χ4v) is 3.18. The van der Waals surface area contributed by atoms with Gasteiger partial charge in [0, 0.05) is 10.9 Å². The van der Waals surface area contributed by atoms with Crippen molar-refractivity contribution in [3.63, 3.8) is 0 Å². The van der Waals surface area contributed by atoms with Gasteiger partial charge in [-0.3, -0.25) is 4.79 Å². The van der Waals surface area contributed by atoms with E-state index in [9.17, 15) is 9.59 Å². The lowest BCUT2D eigenvalue weighted by molar-refractivity contribution is 0.0600. The van der Waals surface area contributed by atoms with E-state index in [1.165, 1.54) is 7.11 Å². The predicted molar refractivity (Wildman–Crippen MR) is 92.2 cm³/mol. The number of nitrogens with zero attached hydrogens (tertiary/aromatic N) is 1. The second-order valence-corrected chi connectivity index (χ2v) is 5.76. The van der Waals surface area contributed by atoms with Crippen LogP contribution >= 0.6 is 0 Å². The Morgan fingerprint density at radius 3 is 2.42 bits per heavy atom. The number of anilines is 1. The highest BCUT2D eigenvalue weighted by molar-refractivity contribution is 6.24. The number of benzene rings is 3. The third kappa shape index (κ3) is 2.15. The molecule has 1 heterocycles. The standard InChI is InChI=1S/C20H15NO3/c1-24-20(23)15-10-8-13(9-11-15)12-21-17-7-3-5-14-4-2-6-16(18(14)17)19(21)22/h2-11H,12H2,1H3. The van der Waals surface area contributed by atoms with Gasteiger partial charge in [0.15, 0.2) is 0 Å². The van der Waals surface area contributed by atoms with Gasteiger partial charge in [-0.1, -0.05) is 36.4 Å². The molecule has 3 aromatic rings. The first-order chi connectivity index (χ1) is 11.7. The zero-order chi connectivity index (χ0) is 16.7. The summed E-state index contributed by atoms with van der Waals surface area (Å²) in [5.74, 6) is -0.352. The Bertz CT molecular complexity index is 955. The van der Waals surface area contributed by atoms with Gasteiger partial charge in [0.1, 0.15) is 0 Å². The summed E-state index contributed by atoms with van der Waals surface area (Å²) in [6, 6.07) is 18.9. The zero-order valence-corrected chi connectivity index (χ0v) is 13.2. The molecule has 118 valence electrons. The molecule has 4 nitrogen and oxygen atoms in total. The molecule has 1 aliphatic heterocycles. The van der Waals surface area contributed by atoms with E-state index >= 15 is 0 Å². The summed E-state index contributed by atoms with van der Waals surface area (Å²) in [4.78, 5) is 26.0. The van der Waals surface area contributed by atoms with Gasteiger partial charge >= 0.3 is 5.97 Å². The Morgan fingerprint density at radius 2 is 1.71 bits per heavy atom. The van der Waals surface area contributed by atoms with Crippen molar-refractivity contribution in [2.75, 3.05) is 12.0 Å². The van der Waals surface area contributed by atoms with Crippen molar-refractivity contribution < 1.29 is 14.3 Å². The molecule has 0 fully saturated rings. The molecular formula is C20H15NO3. The molecule has 0 saturated carbocycles. The molecule has 0 aromatic heterocycles. The zero-order valence-electron chi connectivity index (χ0n) is 13.2. The predicted octanol–water partition coefficient (Wildman–Crippen LogP) is 3.79. The van der Waals surface area contributed by atoms with Crippen LogP contribution in [-0.2, 0) is 11.3 Å². The highest BCUT2D eigenvalue weighted by atomic mass is 16.5. The first kappa shape index (κ1) is 14.5. The molecule has 1 amide bonds. The van der Waals surface area contributed by atoms with Gasteiger partial charge < -0.3 is 9.64 Å². The highest BCUT2D eigenvalue weighted by Crippen LogP contribution is 2.37. The van der Waals surface area contributed by atoms with Crippen molar-refractivity contribution in [1.29, 1.82) is 0 Å². The lowest BCUT2D eigenvalue weighted by Crippen LogP contribution is -2.26. The fraction of sp³-hybridized carbons (Fsp3) is 0.100. The van der Waals surface area contributed by atoms with Gasteiger partial charge in [-0.15, -0.1) is 0 Å². The van der Waals surface area contributed by atoms with Gasteiger partial charge in [0.25, 0.3) is 5.91 Å². The van der Waals surface area contributed by atoms with Crippen LogP contribution in [0.25, 0.3) is 10.8 Å². The maximum Gasteiger partial charge on any atom is 0.337 e. The summed E-state index contributed by atoms with van der Waals surface area (Å²) in [6.07, 6.45) is 0. The highest BCUT2D eigenvalue weighted by Gasteiger charge is 2.29. The maximum absolute atomic E-state index is 12.8. The molecule has 0 N–H and O–H groups in total. The minimum atomic E-state index is -0.365. The number of amides is 1. The number of carbonyl (C=O) groups excluding carboxylic acids is 2. The molecule has 24 heavy (non-hydrogen) atoms. The molecule has 0 aliphatic carbocycles. The van der Waals surface area contributed by atoms with Crippen LogP contribution in [-0.4, -0.2) is 19.0 Å². The Morgan fingerprint density at radius 1 is 1.00 bits per heavy atom. The molecule has 0 radical (unpaired) electrons. The summed E-state index contributed by atoms with van der Waals surface area (Å²) in [6.45, 7) is 0.466. The summed E-state index contributed by atoms with van der Waals surface area (Å²) < 4.78 is 4.70. The number of methoxy groups -OCH3 is 1. The molecular weight excluding hydrogens is 302 g/mol. The SMILES string of the molecule is COC(=O)c1ccc(CN2C(=O)c3cccc4cccc2c34)cc1. The van der Waals surface area contributed by atoms with Crippen molar-refractivity contribution >= 4 is 28.3 Å². The third-order valence-corrected chi connectivity index (χ3v) is 4.36. The van der Waals surface area contributed by atoms with E-state index in [4.69, 9.17) is 4.74 Å². The number of ether oxygens (including phenoxy) is 1. The second-order valence-electron chi connectivity index (χ2n) is 5.76. The van der Waals surface area contributed by atoms with Crippen LogP contribution in [0.5, 0.6) is 0 Å². The molecule has 4 rings (SSSR count). The molecule has 4 heteroatoms. The van der Waals surface area contributed by atoms with Gasteiger partial charge in [0.2, 0.25) is 0 Å². The van der Waals surface area contributed by atoms with Crippen molar-refractivity contribution in [3.8, 4) is 0 Å². The molecule has 0 bridgehead atoms. The normalized spacial score (nSPS) is 12.7. The smallest absolute Gasteiger partial charge is 0.337 e. The van der Waals surface area contributed by atoms with Crippen LogP contribution in [0.1, 0.15) is 26.3 Å². The fourth-order valence-electron chi connectivity index (χ4n) is 3.18. The Kier molecular flexibility index (Phi) is 3.31. The summed E-state index contributed by atoms with van der Waals surface area (Å²) in [7, 11) is 1.36. The molecule has 0 unspecified atom stereocenters. The van der Waals surface area contributed by atoms with Crippen molar-refractivity contribution in [2.24, 2.45) is 0 Å². The first-order valence-corrected chi connectivity index (χ1v) is 7.70. The van der Waals surface area contributed by atoms with E-state index in [0.717, 1.165) is 27.6 Å². The molecule has 0 saturated heterocycles. The Hall–Kier alpha value is -3.14. The van der Waals surface area contributed by atoms with Crippen LogP contribution in [0.2, 0.25) is 0 Å². The molecule has 0 spiro atoms. The molecule has 1 aliphatic rings. The van der Waals surface area contributed by atoms with E-state index in [1.54, 1.807) is 17.0 Å². The van der Waals surface area contributed by atoms with Crippen LogP contribution in [0.3, 0.4) is 0 Å². The van der Waals surface area contributed by atoms with Gasteiger partial charge in [0.05, 0.1) is 24.9 Å². The largest absolute Gasteiger partial charge is 0.465 e. The number of hydrogen-bond donors (Lipinski definition) is 0. The quantitative estimate of drug-likeness (QED) is 0.691. The first-order valence-electron chi connectivity index (χ1n) is 7.70. The topological polar surface area (TPSA) is 46.6 Å². The van der Waals surface area contributed by atoms with Crippen LogP contribution in [0.4, 0.5) is 5.69 Å². The van der Waals surface area contributed by atoms with Crippen LogP contribution in [0, 0.1) is 0 Å².